The van der Waals surface area contributed by atoms with E-state index >= 15 is 0 Å². The maximum atomic E-state index is 12.8. The van der Waals surface area contributed by atoms with Gasteiger partial charge in [-0.2, -0.15) is 22.5 Å². The van der Waals surface area contributed by atoms with Crippen LogP contribution in [-0.4, -0.2) is 56.3 Å². The van der Waals surface area contributed by atoms with Crippen molar-refractivity contribution in [3.8, 4) is 11.4 Å². The first-order valence-corrected chi connectivity index (χ1v) is 10.6. The largest absolute Gasteiger partial charge is 0.471 e. The van der Waals surface area contributed by atoms with Gasteiger partial charge in [0.05, 0.1) is 11.4 Å². The van der Waals surface area contributed by atoms with Gasteiger partial charge >= 0.3 is 12.1 Å². The summed E-state index contributed by atoms with van der Waals surface area (Å²) in [6.07, 6.45) is -4.76. The second-order valence-corrected chi connectivity index (χ2v) is 9.12. The van der Waals surface area contributed by atoms with Crippen LogP contribution in [-0.2, 0) is 16.2 Å². The first-order valence-electron chi connectivity index (χ1n) is 9.18. The molecule has 2 aromatic carbocycles. The van der Waals surface area contributed by atoms with E-state index in [1.807, 2.05) is 0 Å². The molecule has 32 heavy (non-hydrogen) atoms. The fourth-order valence-electron chi connectivity index (χ4n) is 2.74. The number of anilines is 1. The SMILES string of the molecule is CN(C)c1cccc(S(=O)(=O)N(C)CC(=O)c2ccc(-c3noc(C(F)(F)F)n3)cc2)c1. The van der Waals surface area contributed by atoms with Gasteiger partial charge in [0, 0.05) is 38.0 Å². The number of carbonyl (C=O) groups excluding carboxylic acids is 1. The summed E-state index contributed by atoms with van der Waals surface area (Å²) in [7, 11) is 0.938. The summed E-state index contributed by atoms with van der Waals surface area (Å²) in [6, 6.07) is 11.7. The van der Waals surface area contributed by atoms with Crippen molar-refractivity contribution in [2.45, 2.75) is 11.1 Å². The molecule has 3 rings (SSSR count). The highest BCUT2D eigenvalue weighted by Gasteiger charge is 2.38. The maximum Gasteiger partial charge on any atom is 0.471 e. The molecule has 0 amide bonds. The second-order valence-electron chi connectivity index (χ2n) is 7.07. The molecule has 0 spiro atoms. The minimum absolute atomic E-state index is 0.0481. The fraction of sp³-hybridized carbons (Fsp3) is 0.250. The smallest absolute Gasteiger partial charge is 0.378 e. The average molecular weight is 468 g/mol. The molecule has 0 unspecified atom stereocenters. The molecule has 0 saturated carbocycles. The molecule has 0 fully saturated rings. The van der Waals surface area contributed by atoms with E-state index < -0.39 is 34.4 Å². The third-order valence-electron chi connectivity index (χ3n) is 4.54. The first kappa shape index (κ1) is 23.4. The number of hydrogen-bond acceptors (Lipinski definition) is 7. The molecular weight excluding hydrogens is 449 g/mol. The lowest BCUT2D eigenvalue weighted by atomic mass is 10.1. The zero-order valence-corrected chi connectivity index (χ0v) is 18.1. The van der Waals surface area contributed by atoms with Crippen molar-refractivity contribution in [2.24, 2.45) is 0 Å². The van der Waals surface area contributed by atoms with Crippen molar-refractivity contribution in [2.75, 3.05) is 32.6 Å². The predicted octanol–water partition coefficient (Wildman–Crippen LogP) is 3.32. The molecule has 12 heteroatoms. The highest BCUT2D eigenvalue weighted by atomic mass is 32.2. The molecular formula is C20H19F3N4O4S. The van der Waals surface area contributed by atoms with Gasteiger partial charge in [-0.25, -0.2) is 8.42 Å². The number of nitrogens with zero attached hydrogens (tertiary/aromatic N) is 4. The Morgan fingerprint density at radius 1 is 1.06 bits per heavy atom. The van der Waals surface area contributed by atoms with Gasteiger partial charge in [-0.05, 0) is 18.2 Å². The summed E-state index contributed by atoms with van der Waals surface area (Å²) in [5, 5.41) is 3.28. The number of aromatic nitrogens is 2. The molecule has 0 radical (unpaired) electrons. The summed E-state index contributed by atoms with van der Waals surface area (Å²) in [6.45, 7) is -0.422. The van der Waals surface area contributed by atoms with Crippen LogP contribution in [0.25, 0.3) is 11.4 Å². The van der Waals surface area contributed by atoms with Gasteiger partial charge in [0.2, 0.25) is 15.8 Å². The predicted molar refractivity (Wildman–Crippen MR) is 110 cm³/mol. The minimum Gasteiger partial charge on any atom is -0.378 e. The first-order chi connectivity index (χ1) is 14.9. The van der Waals surface area contributed by atoms with Crippen molar-refractivity contribution in [3.05, 3.63) is 60.0 Å². The number of ketones is 1. The highest BCUT2D eigenvalue weighted by molar-refractivity contribution is 7.89. The molecule has 0 aliphatic heterocycles. The number of sulfonamides is 1. The molecule has 1 aromatic heterocycles. The van der Waals surface area contributed by atoms with E-state index in [4.69, 9.17) is 0 Å². The van der Waals surface area contributed by atoms with Crippen molar-refractivity contribution >= 4 is 21.5 Å². The van der Waals surface area contributed by atoms with Crippen LogP contribution >= 0.6 is 0 Å². The number of Topliss-reactive ketones (excluding diaryl/α,β-unsaturated/α-hetero) is 1. The highest BCUT2D eigenvalue weighted by Crippen LogP contribution is 2.29. The topological polar surface area (TPSA) is 96.6 Å². The van der Waals surface area contributed by atoms with E-state index in [-0.39, 0.29) is 21.8 Å². The number of likely N-dealkylation sites (N-methyl/N-ethyl adjacent to an activating group) is 1. The van der Waals surface area contributed by atoms with Crippen LogP contribution in [0.3, 0.4) is 0 Å². The van der Waals surface area contributed by atoms with Gasteiger partial charge < -0.3 is 9.42 Å². The van der Waals surface area contributed by atoms with Crippen LogP contribution < -0.4 is 4.90 Å². The zero-order chi connectivity index (χ0) is 23.7. The van der Waals surface area contributed by atoms with Crippen molar-refractivity contribution in [3.63, 3.8) is 0 Å². The lowest BCUT2D eigenvalue weighted by Gasteiger charge is -2.18. The summed E-state index contributed by atoms with van der Waals surface area (Å²) in [5.41, 5.74) is 1.08. The molecule has 1 heterocycles. The second kappa shape index (κ2) is 8.71. The molecule has 0 aliphatic rings. The van der Waals surface area contributed by atoms with Crippen molar-refractivity contribution < 1.29 is 30.9 Å². The van der Waals surface area contributed by atoms with Crippen molar-refractivity contribution in [1.29, 1.82) is 0 Å². The van der Waals surface area contributed by atoms with Crippen molar-refractivity contribution in [1.82, 2.24) is 14.4 Å². The summed E-state index contributed by atoms with van der Waals surface area (Å²) >= 11 is 0. The Balaban J connectivity index is 1.74. The molecule has 0 atom stereocenters. The summed E-state index contributed by atoms with van der Waals surface area (Å²) in [5.74, 6) is -2.25. The number of hydrogen-bond donors (Lipinski definition) is 0. The van der Waals surface area contributed by atoms with Gasteiger partial charge in [0.25, 0.3) is 0 Å². The lowest BCUT2D eigenvalue weighted by molar-refractivity contribution is -0.159. The van der Waals surface area contributed by atoms with Gasteiger partial charge in [0.15, 0.2) is 5.78 Å². The Morgan fingerprint density at radius 3 is 2.28 bits per heavy atom. The van der Waals surface area contributed by atoms with Crippen LogP contribution in [0.1, 0.15) is 16.2 Å². The summed E-state index contributed by atoms with van der Waals surface area (Å²) in [4.78, 5) is 17.7. The lowest BCUT2D eigenvalue weighted by Crippen LogP contribution is -2.32. The standard InChI is InChI=1S/C20H19F3N4O4S/c1-26(2)15-5-4-6-16(11-15)32(29,30)27(3)12-17(28)13-7-9-14(10-8-13)18-24-19(31-25-18)20(21,22)23/h4-11H,12H2,1-3H3. The molecule has 3 aromatic rings. The number of alkyl halides is 3. The molecule has 0 N–H and O–H groups in total. The van der Waals surface area contributed by atoms with E-state index in [0.717, 1.165) is 4.31 Å². The van der Waals surface area contributed by atoms with E-state index in [1.54, 1.807) is 31.1 Å². The van der Waals surface area contributed by atoms with E-state index in [9.17, 15) is 26.4 Å². The van der Waals surface area contributed by atoms with Gasteiger partial charge in [0.1, 0.15) is 0 Å². The van der Waals surface area contributed by atoms with Crippen LogP contribution in [0.15, 0.2) is 57.9 Å². The number of rotatable bonds is 7. The Morgan fingerprint density at radius 2 is 1.72 bits per heavy atom. The van der Waals surface area contributed by atoms with E-state index in [2.05, 4.69) is 14.7 Å². The third-order valence-corrected chi connectivity index (χ3v) is 6.34. The van der Waals surface area contributed by atoms with Crippen LogP contribution in [0.4, 0.5) is 18.9 Å². The third kappa shape index (κ3) is 4.97. The van der Waals surface area contributed by atoms with Crippen LogP contribution in [0.2, 0.25) is 0 Å². The van der Waals surface area contributed by atoms with Gasteiger partial charge in [-0.15, -0.1) is 0 Å². The fourth-order valence-corrected chi connectivity index (χ4v) is 3.91. The Hall–Kier alpha value is -3.25. The quantitative estimate of drug-likeness (QED) is 0.491. The normalized spacial score (nSPS) is 12.2. The Bertz CT molecular complexity index is 1220. The Kier molecular flexibility index (Phi) is 6.37. The molecule has 170 valence electrons. The number of benzene rings is 2. The number of carbonyl (C=O) groups is 1. The average Bonchev–Trinajstić information content (AvgIpc) is 3.24. The van der Waals surface area contributed by atoms with E-state index in [1.165, 1.54) is 43.4 Å². The summed E-state index contributed by atoms with van der Waals surface area (Å²) < 4.78 is 68.6. The monoisotopic (exact) mass is 468 g/mol. The molecule has 0 aliphatic carbocycles. The maximum absolute atomic E-state index is 12.8. The number of halogens is 3. The molecule has 0 bridgehead atoms. The van der Waals surface area contributed by atoms with Gasteiger partial charge in [-0.1, -0.05) is 35.5 Å². The van der Waals surface area contributed by atoms with Crippen LogP contribution in [0.5, 0.6) is 0 Å². The minimum atomic E-state index is -4.76. The molecule has 0 saturated heterocycles. The molecule has 8 nitrogen and oxygen atoms in total. The van der Waals surface area contributed by atoms with Gasteiger partial charge in [-0.3, -0.25) is 4.79 Å². The van der Waals surface area contributed by atoms with E-state index in [0.29, 0.717) is 5.69 Å². The zero-order valence-electron chi connectivity index (χ0n) is 17.3. The van der Waals surface area contributed by atoms with Crippen LogP contribution in [0, 0.1) is 0 Å². The Labute approximate surface area is 182 Å².